The molecule has 3 nitrogen and oxygen atoms in total. The first kappa shape index (κ1) is 16.1. The lowest BCUT2D eigenvalue weighted by Crippen LogP contribution is -2.21. The maximum absolute atomic E-state index is 13.7. The largest absolute Gasteiger partial charge is 0.313 e. The van der Waals surface area contributed by atoms with Crippen molar-refractivity contribution in [2.45, 2.75) is 25.8 Å². The van der Waals surface area contributed by atoms with Gasteiger partial charge in [0.1, 0.15) is 0 Å². The quantitative estimate of drug-likeness (QED) is 0.829. The van der Waals surface area contributed by atoms with Crippen LogP contribution in [0, 0.1) is 11.6 Å². The Morgan fingerprint density at radius 3 is 2.67 bits per heavy atom. The fourth-order valence-corrected chi connectivity index (χ4v) is 2.92. The molecule has 0 fully saturated rings. The fraction of sp³-hybridized carbons (Fsp3) is 0.400. The second-order valence-corrected chi connectivity index (χ2v) is 5.71. The Balaban J connectivity index is 2.32. The molecule has 0 radical (unpaired) electrons. The predicted molar refractivity (Wildman–Crippen MR) is 82.1 cm³/mol. The third-order valence-electron chi connectivity index (χ3n) is 3.59. The van der Waals surface area contributed by atoms with Crippen LogP contribution in [0.2, 0.25) is 0 Å². The van der Waals surface area contributed by atoms with Crippen molar-refractivity contribution in [3.05, 3.63) is 51.3 Å². The molecule has 1 atom stereocenters. The van der Waals surface area contributed by atoms with E-state index >= 15 is 0 Å². The van der Waals surface area contributed by atoms with Gasteiger partial charge in [0.2, 0.25) is 0 Å². The molecule has 21 heavy (non-hydrogen) atoms. The number of likely N-dealkylation sites (N-methyl/N-ethyl adjacent to an activating group) is 1. The highest BCUT2D eigenvalue weighted by molar-refractivity contribution is 9.10. The maximum atomic E-state index is 13.7. The molecule has 0 aliphatic rings. The van der Waals surface area contributed by atoms with Crippen LogP contribution in [0.3, 0.4) is 0 Å². The van der Waals surface area contributed by atoms with E-state index in [0.717, 1.165) is 23.9 Å². The van der Waals surface area contributed by atoms with Gasteiger partial charge < -0.3 is 5.32 Å². The summed E-state index contributed by atoms with van der Waals surface area (Å²) in [5.41, 5.74) is 2.75. The third kappa shape index (κ3) is 3.32. The van der Waals surface area contributed by atoms with Gasteiger partial charge in [-0.15, -0.1) is 0 Å². The predicted octanol–water partition coefficient (Wildman–Crippen LogP) is 3.53. The van der Waals surface area contributed by atoms with E-state index in [2.05, 4.69) is 26.3 Å². The minimum atomic E-state index is -0.855. The first-order valence-corrected chi connectivity index (χ1v) is 7.59. The lowest BCUT2D eigenvalue weighted by molar-refractivity contribution is 0.493. The van der Waals surface area contributed by atoms with E-state index < -0.39 is 11.6 Å². The molecule has 1 N–H and O–H groups in total. The van der Waals surface area contributed by atoms with Crippen molar-refractivity contribution in [2.24, 2.45) is 7.05 Å². The molecular formula is C15H18BrF2N3. The normalized spacial score (nSPS) is 12.7. The van der Waals surface area contributed by atoms with Gasteiger partial charge in [-0.2, -0.15) is 5.10 Å². The lowest BCUT2D eigenvalue weighted by Gasteiger charge is -2.18. The summed E-state index contributed by atoms with van der Waals surface area (Å²) in [4.78, 5) is 0. The van der Waals surface area contributed by atoms with Crippen LogP contribution >= 0.6 is 15.9 Å². The van der Waals surface area contributed by atoms with Crippen LogP contribution < -0.4 is 5.32 Å². The Labute approximate surface area is 131 Å². The minimum Gasteiger partial charge on any atom is -0.313 e. The number of hydrogen-bond donors (Lipinski definition) is 1. The van der Waals surface area contributed by atoms with E-state index in [1.165, 1.54) is 0 Å². The van der Waals surface area contributed by atoms with Gasteiger partial charge in [0.05, 0.1) is 10.2 Å². The number of hydrogen-bond acceptors (Lipinski definition) is 2. The van der Waals surface area contributed by atoms with Gasteiger partial charge in [0.15, 0.2) is 11.6 Å². The second-order valence-electron chi connectivity index (χ2n) is 4.91. The zero-order valence-electron chi connectivity index (χ0n) is 12.3. The molecule has 0 amide bonds. The van der Waals surface area contributed by atoms with E-state index in [-0.39, 0.29) is 10.5 Å². The van der Waals surface area contributed by atoms with E-state index in [1.807, 2.05) is 24.7 Å². The Morgan fingerprint density at radius 2 is 2.10 bits per heavy atom. The van der Waals surface area contributed by atoms with Gasteiger partial charge in [0, 0.05) is 25.2 Å². The average molecular weight is 358 g/mol. The van der Waals surface area contributed by atoms with Gasteiger partial charge >= 0.3 is 0 Å². The second kappa shape index (κ2) is 6.66. The van der Waals surface area contributed by atoms with Crippen molar-refractivity contribution in [1.29, 1.82) is 0 Å². The van der Waals surface area contributed by atoms with Crippen molar-refractivity contribution >= 4 is 15.9 Å². The molecule has 1 heterocycles. The Bertz CT molecular complexity index is 640. The molecule has 1 aromatic heterocycles. The molecule has 2 aromatic rings. The topological polar surface area (TPSA) is 29.9 Å². The van der Waals surface area contributed by atoms with Crippen molar-refractivity contribution in [1.82, 2.24) is 15.1 Å². The molecule has 0 aliphatic heterocycles. The number of benzene rings is 1. The van der Waals surface area contributed by atoms with E-state index in [9.17, 15) is 8.78 Å². The number of nitrogens with one attached hydrogen (secondary N) is 1. The van der Waals surface area contributed by atoms with E-state index in [1.54, 1.807) is 13.1 Å². The van der Waals surface area contributed by atoms with Gasteiger partial charge in [-0.3, -0.25) is 4.68 Å². The summed E-state index contributed by atoms with van der Waals surface area (Å²) in [6.45, 7) is 2.05. The monoisotopic (exact) mass is 357 g/mol. The maximum Gasteiger partial charge on any atom is 0.173 e. The van der Waals surface area contributed by atoms with Crippen LogP contribution in [-0.4, -0.2) is 16.8 Å². The van der Waals surface area contributed by atoms with Gasteiger partial charge in [0.25, 0.3) is 0 Å². The van der Waals surface area contributed by atoms with Crippen LogP contribution in [0.15, 0.2) is 22.7 Å². The van der Waals surface area contributed by atoms with Crippen molar-refractivity contribution in [3.8, 4) is 0 Å². The van der Waals surface area contributed by atoms with Gasteiger partial charge in [-0.05, 0) is 47.1 Å². The average Bonchev–Trinajstić information content (AvgIpc) is 2.83. The first-order chi connectivity index (χ1) is 9.97. The number of rotatable bonds is 5. The number of aryl methyl sites for hydroxylation is 2. The van der Waals surface area contributed by atoms with Crippen LogP contribution in [0.25, 0.3) is 0 Å². The Hall–Kier alpha value is -1.27. The molecule has 0 saturated carbocycles. The molecule has 0 bridgehead atoms. The third-order valence-corrected chi connectivity index (χ3v) is 4.40. The van der Waals surface area contributed by atoms with Gasteiger partial charge in [-0.1, -0.05) is 13.0 Å². The lowest BCUT2D eigenvalue weighted by atomic mass is 10.0. The van der Waals surface area contributed by atoms with Crippen LogP contribution in [0.5, 0.6) is 0 Å². The molecule has 0 spiro atoms. The number of nitrogens with zero attached hydrogens (tertiary/aromatic N) is 2. The van der Waals surface area contributed by atoms with Crippen molar-refractivity contribution in [2.75, 3.05) is 7.05 Å². The van der Waals surface area contributed by atoms with Crippen LogP contribution in [-0.2, 0) is 19.9 Å². The first-order valence-electron chi connectivity index (χ1n) is 6.80. The molecule has 1 aromatic carbocycles. The standard InChI is InChI=1S/C15H18BrF2N3/c1-4-9-7-10(21(3)20-9)8-13(19-2)11-5-6-12(17)15(18)14(11)16/h5-7,13,19H,4,8H2,1-3H3. The summed E-state index contributed by atoms with van der Waals surface area (Å²) in [6.07, 6.45) is 1.51. The molecule has 0 aliphatic carbocycles. The molecule has 2 rings (SSSR count). The summed E-state index contributed by atoms with van der Waals surface area (Å²) in [7, 11) is 3.69. The summed E-state index contributed by atoms with van der Waals surface area (Å²) >= 11 is 3.15. The summed E-state index contributed by atoms with van der Waals surface area (Å²) in [6, 6.07) is 4.66. The smallest absolute Gasteiger partial charge is 0.173 e. The van der Waals surface area contributed by atoms with Crippen molar-refractivity contribution in [3.63, 3.8) is 0 Å². The van der Waals surface area contributed by atoms with Crippen LogP contribution in [0.4, 0.5) is 8.78 Å². The summed E-state index contributed by atoms with van der Waals surface area (Å²) in [5, 5.41) is 7.56. The fourth-order valence-electron chi connectivity index (χ4n) is 2.32. The zero-order valence-corrected chi connectivity index (χ0v) is 13.8. The van der Waals surface area contributed by atoms with Crippen molar-refractivity contribution < 1.29 is 8.78 Å². The summed E-state index contributed by atoms with van der Waals surface area (Å²) in [5.74, 6) is -1.71. The highest BCUT2D eigenvalue weighted by Gasteiger charge is 2.19. The highest BCUT2D eigenvalue weighted by atomic mass is 79.9. The highest BCUT2D eigenvalue weighted by Crippen LogP contribution is 2.29. The SMILES string of the molecule is CCc1cc(CC(NC)c2ccc(F)c(F)c2Br)n(C)n1. The Kier molecular flexibility index (Phi) is 5.11. The van der Waals surface area contributed by atoms with Crippen LogP contribution in [0.1, 0.15) is 29.9 Å². The van der Waals surface area contributed by atoms with Gasteiger partial charge in [-0.25, -0.2) is 8.78 Å². The molecule has 0 saturated heterocycles. The minimum absolute atomic E-state index is 0.130. The molecular weight excluding hydrogens is 340 g/mol. The molecule has 6 heteroatoms. The zero-order chi connectivity index (χ0) is 15.6. The molecule has 114 valence electrons. The number of halogens is 3. The Morgan fingerprint density at radius 1 is 1.38 bits per heavy atom. The summed E-state index contributed by atoms with van der Waals surface area (Å²) < 4.78 is 28.9. The molecule has 1 unspecified atom stereocenters. The number of aromatic nitrogens is 2. The van der Waals surface area contributed by atoms with E-state index in [0.29, 0.717) is 12.0 Å². The van der Waals surface area contributed by atoms with E-state index in [4.69, 9.17) is 0 Å².